The van der Waals surface area contributed by atoms with Gasteiger partial charge in [0.1, 0.15) is 5.82 Å². The third-order valence-electron chi connectivity index (χ3n) is 5.56. The molecule has 0 bridgehead atoms. The molecule has 0 saturated carbocycles. The lowest BCUT2D eigenvalue weighted by Crippen LogP contribution is -2.41. The number of benzene rings is 1. The summed E-state index contributed by atoms with van der Waals surface area (Å²) in [6, 6.07) is 6.98. The van der Waals surface area contributed by atoms with Gasteiger partial charge in [-0.25, -0.2) is 0 Å². The smallest absolute Gasteiger partial charge is 0.258 e. The molecule has 162 valence electrons. The summed E-state index contributed by atoms with van der Waals surface area (Å²) in [6.45, 7) is 0.994. The minimum absolute atomic E-state index is 0.0861. The number of carbonyl (C=O) groups is 3. The number of halogens is 1. The summed E-state index contributed by atoms with van der Waals surface area (Å²) in [5.74, 6) is -1.96. The number of amides is 3. The van der Waals surface area contributed by atoms with E-state index < -0.39 is 17.4 Å². The number of fused-ring (bicyclic) bond motifs is 1. The van der Waals surface area contributed by atoms with Gasteiger partial charge in [-0.2, -0.15) is 4.98 Å². The number of anilines is 3. The predicted octanol–water partition coefficient (Wildman–Crippen LogP) is 1.30. The van der Waals surface area contributed by atoms with Crippen LogP contribution in [0.5, 0.6) is 0 Å². The molecule has 1 saturated heterocycles. The standard InChI is InChI=1S/C20H21BrN6O4/c21-11-1-3-12(4-2-11)23-18(30)13-9-14(28)24-17-15(13)19(31)26-20(25-17)27-7-5-10(6-8-27)16(22)29/h1-4,10,13H,5-9H2,(H2,22,29)(H,23,30)(H2,24,25,26,28,31)/t13-/m1/s1. The Labute approximate surface area is 185 Å². The maximum Gasteiger partial charge on any atom is 0.258 e. The zero-order chi connectivity index (χ0) is 22.1. The van der Waals surface area contributed by atoms with Crippen molar-refractivity contribution in [2.45, 2.75) is 25.2 Å². The van der Waals surface area contributed by atoms with Gasteiger partial charge in [-0.3, -0.25) is 24.2 Å². The average molecular weight is 489 g/mol. The number of rotatable bonds is 4. The fourth-order valence-corrected chi connectivity index (χ4v) is 4.14. The van der Waals surface area contributed by atoms with Gasteiger partial charge in [0.05, 0.1) is 11.5 Å². The van der Waals surface area contributed by atoms with Crippen LogP contribution in [0.2, 0.25) is 0 Å². The van der Waals surface area contributed by atoms with E-state index in [4.69, 9.17) is 5.73 Å². The summed E-state index contributed by atoms with van der Waals surface area (Å²) >= 11 is 3.33. The Hall–Kier alpha value is -3.21. The number of H-pyrrole nitrogens is 1. The van der Waals surface area contributed by atoms with Crippen LogP contribution in [0.15, 0.2) is 33.5 Å². The van der Waals surface area contributed by atoms with Crippen molar-refractivity contribution in [3.8, 4) is 0 Å². The molecule has 2 aromatic rings. The second kappa shape index (κ2) is 8.50. The summed E-state index contributed by atoms with van der Waals surface area (Å²) in [6.07, 6.45) is 0.963. The molecular formula is C20H21BrN6O4. The summed E-state index contributed by atoms with van der Waals surface area (Å²) < 4.78 is 0.862. The number of primary amides is 1. The topological polar surface area (TPSA) is 150 Å². The molecule has 2 aliphatic rings. The van der Waals surface area contributed by atoms with E-state index in [0.29, 0.717) is 37.6 Å². The number of hydrogen-bond donors (Lipinski definition) is 4. The number of hydrogen-bond acceptors (Lipinski definition) is 6. The molecule has 1 aromatic heterocycles. The molecule has 0 unspecified atom stereocenters. The van der Waals surface area contributed by atoms with Crippen LogP contribution < -0.4 is 26.8 Å². The first-order chi connectivity index (χ1) is 14.8. The van der Waals surface area contributed by atoms with Crippen LogP contribution in [-0.4, -0.2) is 40.8 Å². The van der Waals surface area contributed by atoms with Crippen LogP contribution in [0.25, 0.3) is 0 Å². The first kappa shape index (κ1) is 21.0. The Bertz CT molecular complexity index is 1090. The number of nitrogens with zero attached hydrogens (tertiary/aromatic N) is 2. The van der Waals surface area contributed by atoms with Gasteiger partial charge in [0.2, 0.25) is 23.7 Å². The van der Waals surface area contributed by atoms with Gasteiger partial charge < -0.3 is 21.3 Å². The van der Waals surface area contributed by atoms with Crippen molar-refractivity contribution in [2.24, 2.45) is 11.7 Å². The van der Waals surface area contributed by atoms with Gasteiger partial charge in [0.15, 0.2) is 0 Å². The zero-order valence-electron chi connectivity index (χ0n) is 16.5. The van der Waals surface area contributed by atoms with Gasteiger partial charge >= 0.3 is 0 Å². The fourth-order valence-electron chi connectivity index (χ4n) is 3.87. The summed E-state index contributed by atoms with van der Waals surface area (Å²) in [7, 11) is 0. The van der Waals surface area contributed by atoms with E-state index in [-0.39, 0.29) is 35.5 Å². The zero-order valence-corrected chi connectivity index (χ0v) is 18.1. The second-order valence-corrected chi connectivity index (χ2v) is 8.53. The van der Waals surface area contributed by atoms with Gasteiger partial charge in [-0.05, 0) is 37.1 Å². The molecule has 5 N–H and O–H groups in total. The summed E-state index contributed by atoms with van der Waals surface area (Å²) in [4.78, 5) is 58.3. The monoisotopic (exact) mass is 488 g/mol. The molecular weight excluding hydrogens is 468 g/mol. The molecule has 2 aliphatic heterocycles. The Morgan fingerprint density at radius 3 is 2.48 bits per heavy atom. The quantitative estimate of drug-likeness (QED) is 0.509. The number of carbonyl (C=O) groups excluding carboxylic acids is 3. The molecule has 1 fully saturated rings. The van der Waals surface area contributed by atoms with Gasteiger partial charge in [0.25, 0.3) is 5.56 Å². The Morgan fingerprint density at radius 2 is 1.84 bits per heavy atom. The largest absolute Gasteiger partial charge is 0.369 e. The number of piperidine rings is 1. The highest BCUT2D eigenvalue weighted by Crippen LogP contribution is 2.31. The maximum atomic E-state index is 12.9. The molecule has 3 heterocycles. The van der Waals surface area contributed by atoms with Crippen LogP contribution in [0.1, 0.15) is 30.7 Å². The number of aromatic nitrogens is 2. The number of nitrogens with two attached hydrogens (primary N) is 1. The molecule has 10 nitrogen and oxygen atoms in total. The van der Waals surface area contributed by atoms with E-state index in [9.17, 15) is 19.2 Å². The number of aromatic amines is 1. The molecule has 1 atom stereocenters. The third kappa shape index (κ3) is 4.46. The van der Waals surface area contributed by atoms with Crippen molar-refractivity contribution in [1.82, 2.24) is 9.97 Å². The lowest BCUT2D eigenvalue weighted by atomic mass is 9.92. The number of nitrogens with one attached hydrogen (secondary N) is 3. The lowest BCUT2D eigenvalue weighted by Gasteiger charge is -2.32. The van der Waals surface area contributed by atoms with E-state index >= 15 is 0 Å². The molecule has 31 heavy (non-hydrogen) atoms. The van der Waals surface area contributed by atoms with Crippen molar-refractivity contribution in [3.63, 3.8) is 0 Å². The lowest BCUT2D eigenvalue weighted by molar-refractivity contribution is -0.123. The Kier molecular flexibility index (Phi) is 5.77. The van der Waals surface area contributed by atoms with Gasteiger partial charge in [-0.15, -0.1) is 0 Å². The highest BCUT2D eigenvalue weighted by Gasteiger charge is 2.35. The maximum absolute atomic E-state index is 12.9. The first-order valence-electron chi connectivity index (χ1n) is 9.86. The van der Waals surface area contributed by atoms with Crippen molar-refractivity contribution in [1.29, 1.82) is 0 Å². The molecule has 0 radical (unpaired) electrons. The molecule has 1 aromatic carbocycles. The minimum atomic E-state index is -0.960. The van der Waals surface area contributed by atoms with E-state index in [0.717, 1.165) is 4.47 Å². The van der Waals surface area contributed by atoms with Crippen molar-refractivity contribution < 1.29 is 14.4 Å². The van der Waals surface area contributed by atoms with Crippen molar-refractivity contribution in [2.75, 3.05) is 28.6 Å². The van der Waals surface area contributed by atoms with E-state index in [2.05, 4.69) is 36.5 Å². The Balaban J connectivity index is 1.58. The van der Waals surface area contributed by atoms with E-state index in [1.165, 1.54) is 0 Å². The van der Waals surface area contributed by atoms with Crippen molar-refractivity contribution in [3.05, 3.63) is 44.7 Å². The van der Waals surface area contributed by atoms with Crippen LogP contribution in [0.3, 0.4) is 0 Å². The molecule has 0 spiro atoms. The van der Waals surface area contributed by atoms with Crippen LogP contribution in [-0.2, 0) is 14.4 Å². The fraction of sp³-hybridized carbons (Fsp3) is 0.350. The van der Waals surface area contributed by atoms with Crippen LogP contribution >= 0.6 is 15.9 Å². The molecule has 11 heteroatoms. The van der Waals surface area contributed by atoms with E-state index in [1.54, 1.807) is 24.3 Å². The Morgan fingerprint density at radius 1 is 1.16 bits per heavy atom. The van der Waals surface area contributed by atoms with Crippen molar-refractivity contribution >= 4 is 51.1 Å². The summed E-state index contributed by atoms with van der Waals surface area (Å²) in [5, 5.41) is 5.35. The van der Waals surface area contributed by atoms with Gasteiger partial charge in [-0.1, -0.05) is 15.9 Å². The summed E-state index contributed by atoms with van der Waals surface area (Å²) in [5.41, 5.74) is 5.57. The predicted molar refractivity (Wildman–Crippen MR) is 118 cm³/mol. The third-order valence-corrected chi connectivity index (χ3v) is 6.09. The van der Waals surface area contributed by atoms with Gasteiger partial charge in [0, 0.05) is 35.6 Å². The second-order valence-electron chi connectivity index (χ2n) is 7.62. The molecule has 3 amide bonds. The highest BCUT2D eigenvalue weighted by molar-refractivity contribution is 9.10. The minimum Gasteiger partial charge on any atom is -0.369 e. The van der Waals surface area contributed by atoms with Crippen LogP contribution in [0, 0.1) is 5.92 Å². The normalized spacial score (nSPS) is 18.8. The average Bonchev–Trinajstić information content (AvgIpc) is 2.74. The SMILES string of the molecule is NC(=O)C1CCN(c2nc3c(c(=O)[nH]2)[C@H](C(=O)Nc2ccc(Br)cc2)CC(=O)N3)CC1. The molecule has 4 rings (SSSR count). The molecule has 0 aliphatic carbocycles. The highest BCUT2D eigenvalue weighted by atomic mass is 79.9. The van der Waals surface area contributed by atoms with Crippen LogP contribution in [0.4, 0.5) is 17.5 Å². The first-order valence-corrected chi connectivity index (χ1v) is 10.7. The van der Waals surface area contributed by atoms with E-state index in [1.807, 2.05) is 4.90 Å².